The highest BCUT2D eigenvalue weighted by Gasteiger charge is 2.31. The Morgan fingerprint density at radius 3 is 2.68 bits per heavy atom. The average Bonchev–Trinajstić information content (AvgIpc) is 2.89. The number of aromatic amines is 1. The van der Waals surface area contributed by atoms with Crippen molar-refractivity contribution in [1.82, 2.24) is 15.2 Å². The molecule has 6 heteroatoms. The smallest absolute Gasteiger partial charge is 0.271 e. The van der Waals surface area contributed by atoms with E-state index in [0.29, 0.717) is 29.4 Å². The van der Waals surface area contributed by atoms with Crippen LogP contribution in [-0.2, 0) is 0 Å². The van der Waals surface area contributed by atoms with Crippen LogP contribution in [0.1, 0.15) is 50.6 Å². The summed E-state index contributed by atoms with van der Waals surface area (Å²) in [5.74, 6) is -0.114. The number of carbonyl (C=O) groups excluding carboxylic acids is 2. The van der Waals surface area contributed by atoms with E-state index in [1.54, 1.807) is 0 Å². The number of amides is 1. The predicted octanol–water partition coefficient (Wildman–Crippen LogP) is 3.27. The van der Waals surface area contributed by atoms with Gasteiger partial charge in [-0.05, 0) is 44.0 Å². The Labute approximate surface area is 152 Å². The van der Waals surface area contributed by atoms with Gasteiger partial charge in [0.2, 0.25) is 0 Å². The Morgan fingerprint density at radius 1 is 1.28 bits per heavy atom. The number of benzene rings is 1. The van der Waals surface area contributed by atoms with Crippen LogP contribution in [0.5, 0.6) is 0 Å². The fourth-order valence-electron chi connectivity index (χ4n) is 3.59. The first-order valence-electron chi connectivity index (χ1n) is 8.37. The van der Waals surface area contributed by atoms with E-state index in [4.69, 9.17) is 11.6 Å². The number of halogens is 1. The van der Waals surface area contributed by atoms with Gasteiger partial charge in [-0.15, -0.1) is 0 Å². The van der Waals surface area contributed by atoms with Gasteiger partial charge in [0.15, 0.2) is 5.78 Å². The summed E-state index contributed by atoms with van der Waals surface area (Å²) in [5, 5.41) is 3.99. The third kappa shape index (κ3) is 3.34. The fraction of sp³-hybridized carbons (Fsp3) is 0.368. The molecule has 1 atom stereocenters. The number of ketones is 1. The van der Waals surface area contributed by atoms with Gasteiger partial charge < -0.3 is 15.2 Å². The van der Waals surface area contributed by atoms with Crippen LogP contribution in [0.3, 0.4) is 0 Å². The fourth-order valence-corrected chi connectivity index (χ4v) is 3.79. The molecule has 0 aliphatic carbocycles. The van der Waals surface area contributed by atoms with E-state index in [1.165, 1.54) is 6.92 Å². The van der Waals surface area contributed by atoms with E-state index in [0.717, 1.165) is 23.4 Å². The summed E-state index contributed by atoms with van der Waals surface area (Å²) in [6.45, 7) is 7.18. The zero-order valence-corrected chi connectivity index (χ0v) is 15.4. The number of hydrogen-bond acceptors (Lipinski definition) is 3. The highest BCUT2D eigenvalue weighted by molar-refractivity contribution is 6.30. The van der Waals surface area contributed by atoms with Crippen LogP contribution in [0.2, 0.25) is 5.02 Å². The summed E-state index contributed by atoms with van der Waals surface area (Å²) in [6.07, 6.45) is 0. The first-order chi connectivity index (χ1) is 11.9. The van der Waals surface area contributed by atoms with E-state index < -0.39 is 0 Å². The number of carbonyl (C=O) groups is 2. The van der Waals surface area contributed by atoms with Gasteiger partial charge in [0.05, 0.1) is 6.04 Å². The number of aromatic nitrogens is 1. The largest absolute Gasteiger partial charge is 0.354 e. The van der Waals surface area contributed by atoms with Crippen molar-refractivity contribution in [3.8, 4) is 0 Å². The van der Waals surface area contributed by atoms with E-state index >= 15 is 0 Å². The summed E-state index contributed by atoms with van der Waals surface area (Å²) >= 11 is 6.13. The topological polar surface area (TPSA) is 65.2 Å². The zero-order valence-electron chi connectivity index (χ0n) is 14.6. The number of nitrogens with one attached hydrogen (secondary N) is 2. The third-order valence-electron chi connectivity index (χ3n) is 4.74. The molecule has 1 aromatic carbocycles. The van der Waals surface area contributed by atoms with Crippen LogP contribution in [0, 0.1) is 13.8 Å². The van der Waals surface area contributed by atoms with Crippen molar-refractivity contribution < 1.29 is 9.59 Å². The highest BCUT2D eigenvalue weighted by Crippen LogP contribution is 2.28. The molecular weight excluding hydrogens is 338 g/mol. The van der Waals surface area contributed by atoms with Crippen molar-refractivity contribution in [2.45, 2.75) is 26.8 Å². The summed E-state index contributed by atoms with van der Waals surface area (Å²) in [5.41, 5.74) is 3.57. The lowest BCUT2D eigenvalue weighted by atomic mass is 10.0. The third-order valence-corrected chi connectivity index (χ3v) is 4.98. The minimum Gasteiger partial charge on any atom is -0.354 e. The van der Waals surface area contributed by atoms with Gasteiger partial charge in [-0.2, -0.15) is 0 Å². The van der Waals surface area contributed by atoms with Gasteiger partial charge in [-0.1, -0.05) is 23.7 Å². The second-order valence-corrected chi connectivity index (χ2v) is 6.89. The molecule has 1 aliphatic heterocycles. The van der Waals surface area contributed by atoms with Crippen molar-refractivity contribution >= 4 is 23.3 Å². The Hall–Kier alpha value is -2.11. The molecule has 2 aromatic rings. The molecule has 25 heavy (non-hydrogen) atoms. The van der Waals surface area contributed by atoms with E-state index in [2.05, 4.69) is 10.3 Å². The van der Waals surface area contributed by atoms with Gasteiger partial charge in [0.25, 0.3) is 5.91 Å². The minimum absolute atomic E-state index is 0.0306. The maximum Gasteiger partial charge on any atom is 0.271 e. The quantitative estimate of drug-likeness (QED) is 0.826. The predicted molar refractivity (Wildman–Crippen MR) is 98.4 cm³/mol. The van der Waals surface area contributed by atoms with Crippen LogP contribution in [0.15, 0.2) is 24.3 Å². The maximum absolute atomic E-state index is 13.2. The molecule has 1 fully saturated rings. The first-order valence-corrected chi connectivity index (χ1v) is 8.75. The number of nitrogens with zero attached hydrogens (tertiary/aromatic N) is 1. The first kappa shape index (κ1) is 17.7. The Morgan fingerprint density at radius 2 is 2.04 bits per heavy atom. The molecule has 1 amide bonds. The molecule has 3 rings (SSSR count). The molecule has 0 spiro atoms. The van der Waals surface area contributed by atoms with Crippen molar-refractivity contribution in [1.29, 1.82) is 0 Å². The lowest BCUT2D eigenvalue weighted by Crippen LogP contribution is -2.49. The molecular formula is C19H22ClN3O2. The van der Waals surface area contributed by atoms with Gasteiger partial charge in [-0.3, -0.25) is 9.59 Å². The Kier molecular flexibility index (Phi) is 4.97. The number of aryl methyl sites for hydroxylation is 1. The van der Waals surface area contributed by atoms with Gasteiger partial charge in [-0.25, -0.2) is 0 Å². The summed E-state index contributed by atoms with van der Waals surface area (Å²) < 4.78 is 0. The Balaban J connectivity index is 1.97. The summed E-state index contributed by atoms with van der Waals surface area (Å²) in [6, 6.07) is 7.51. The monoisotopic (exact) mass is 359 g/mol. The molecule has 1 aromatic heterocycles. The number of hydrogen-bond donors (Lipinski definition) is 2. The second-order valence-electron chi connectivity index (χ2n) is 6.45. The minimum atomic E-state index is -0.0938. The standard InChI is InChI=1S/C19H22ClN3O2/c1-11-17(13(3)24)12(2)22-18(11)19(25)23-8-7-21-10-16(23)14-5-4-6-15(20)9-14/h4-6,9,16,21-22H,7-8,10H2,1-3H3. The van der Waals surface area contributed by atoms with Crippen molar-refractivity contribution in [2.24, 2.45) is 0 Å². The number of Topliss-reactive ketones (excluding diaryl/α,β-unsaturated/α-hetero) is 1. The normalized spacial score (nSPS) is 17.6. The molecule has 0 saturated carbocycles. The molecule has 1 saturated heterocycles. The van der Waals surface area contributed by atoms with Crippen LogP contribution >= 0.6 is 11.6 Å². The molecule has 0 bridgehead atoms. The number of piperazine rings is 1. The lowest BCUT2D eigenvalue weighted by molar-refractivity contribution is 0.0628. The average molecular weight is 360 g/mol. The molecule has 5 nitrogen and oxygen atoms in total. The van der Waals surface area contributed by atoms with Crippen molar-refractivity contribution in [3.05, 3.63) is 57.4 Å². The molecule has 132 valence electrons. The Bertz CT molecular complexity index is 828. The van der Waals surface area contributed by atoms with Gasteiger partial charge >= 0.3 is 0 Å². The second kappa shape index (κ2) is 7.02. The van der Waals surface area contributed by atoms with E-state index in [-0.39, 0.29) is 17.7 Å². The van der Waals surface area contributed by atoms with Gasteiger partial charge in [0, 0.05) is 35.9 Å². The molecule has 2 N–H and O–H groups in total. The van der Waals surface area contributed by atoms with Crippen LogP contribution < -0.4 is 5.32 Å². The van der Waals surface area contributed by atoms with Crippen molar-refractivity contribution in [2.75, 3.05) is 19.6 Å². The lowest BCUT2D eigenvalue weighted by Gasteiger charge is -2.36. The van der Waals surface area contributed by atoms with Crippen LogP contribution in [0.4, 0.5) is 0 Å². The number of rotatable bonds is 3. The molecule has 1 aliphatic rings. The summed E-state index contributed by atoms with van der Waals surface area (Å²) in [7, 11) is 0. The summed E-state index contributed by atoms with van der Waals surface area (Å²) in [4.78, 5) is 30.0. The maximum atomic E-state index is 13.2. The molecule has 2 heterocycles. The van der Waals surface area contributed by atoms with E-state index in [9.17, 15) is 9.59 Å². The zero-order chi connectivity index (χ0) is 18.1. The molecule has 1 unspecified atom stereocenters. The van der Waals surface area contributed by atoms with E-state index in [1.807, 2.05) is 43.0 Å². The highest BCUT2D eigenvalue weighted by atomic mass is 35.5. The van der Waals surface area contributed by atoms with Crippen molar-refractivity contribution in [3.63, 3.8) is 0 Å². The van der Waals surface area contributed by atoms with Gasteiger partial charge in [0.1, 0.15) is 5.69 Å². The number of H-pyrrole nitrogens is 1. The van der Waals surface area contributed by atoms with Crippen LogP contribution in [-0.4, -0.2) is 41.2 Å². The SMILES string of the molecule is CC(=O)c1c(C)[nH]c(C(=O)N2CCNCC2c2cccc(Cl)c2)c1C. The molecule has 0 radical (unpaired) electrons. The van der Waals surface area contributed by atoms with Crippen LogP contribution in [0.25, 0.3) is 0 Å².